The van der Waals surface area contributed by atoms with Crippen LogP contribution in [0.1, 0.15) is 30.1 Å². The lowest BCUT2D eigenvalue weighted by molar-refractivity contribution is 0.0744. The van der Waals surface area contributed by atoms with Crippen molar-refractivity contribution >= 4 is 37.2 Å². The van der Waals surface area contributed by atoms with E-state index in [-0.39, 0.29) is 27.4 Å². The number of rotatable bonds is 2. The fourth-order valence-electron chi connectivity index (χ4n) is 2.29. The van der Waals surface area contributed by atoms with E-state index in [0.29, 0.717) is 6.54 Å². The molecule has 2 rings (SSSR count). The summed E-state index contributed by atoms with van der Waals surface area (Å²) < 4.78 is 23.1. The van der Waals surface area contributed by atoms with Gasteiger partial charge in [-0.25, -0.2) is 8.42 Å². The maximum Gasteiger partial charge on any atom is 0.262 e. The second kappa shape index (κ2) is 5.31. The topological polar surface area (TPSA) is 54.5 Å². The summed E-state index contributed by atoms with van der Waals surface area (Å²) in [6.07, 6.45) is 1.81. The zero-order chi connectivity index (χ0) is 14.2. The van der Waals surface area contributed by atoms with Crippen LogP contribution in [0.3, 0.4) is 0 Å². The van der Waals surface area contributed by atoms with Gasteiger partial charge in [-0.05, 0) is 31.9 Å². The molecule has 0 aromatic heterocycles. The molecular formula is C12H13Cl2NO3S. The number of halogens is 2. The normalized spacial score (nSPS) is 19.7. The van der Waals surface area contributed by atoms with Crippen LogP contribution in [0.2, 0.25) is 5.02 Å². The van der Waals surface area contributed by atoms with Crippen LogP contribution < -0.4 is 0 Å². The molecule has 0 aliphatic carbocycles. The number of carbonyl (C=O) groups is 1. The first-order valence-corrected chi connectivity index (χ1v) is 8.55. The molecule has 1 aromatic carbocycles. The van der Waals surface area contributed by atoms with E-state index in [0.717, 1.165) is 12.8 Å². The van der Waals surface area contributed by atoms with Crippen molar-refractivity contribution in [1.82, 2.24) is 4.90 Å². The number of nitrogens with zero attached hydrogens (tertiary/aromatic N) is 1. The fraction of sp³-hybridized carbons (Fsp3) is 0.417. The van der Waals surface area contributed by atoms with E-state index in [1.807, 2.05) is 6.92 Å². The molecule has 0 N–H and O–H groups in total. The molecule has 0 spiro atoms. The van der Waals surface area contributed by atoms with Crippen LogP contribution in [-0.4, -0.2) is 31.8 Å². The molecule has 1 unspecified atom stereocenters. The molecule has 1 aliphatic heterocycles. The SMILES string of the molecule is CC1CCCN1C(=O)c1c(Cl)cccc1S(=O)(=O)Cl. The monoisotopic (exact) mass is 321 g/mol. The molecule has 1 fully saturated rings. The summed E-state index contributed by atoms with van der Waals surface area (Å²) in [4.78, 5) is 13.9. The van der Waals surface area contributed by atoms with Crippen LogP contribution in [-0.2, 0) is 9.05 Å². The van der Waals surface area contributed by atoms with E-state index >= 15 is 0 Å². The van der Waals surface area contributed by atoms with Crippen molar-refractivity contribution in [3.8, 4) is 0 Å². The van der Waals surface area contributed by atoms with E-state index in [9.17, 15) is 13.2 Å². The average Bonchev–Trinajstić information content (AvgIpc) is 2.73. The molecule has 1 saturated heterocycles. The summed E-state index contributed by atoms with van der Waals surface area (Å²) in [5.41, 5.74) is -0.0343. The molecule has 104 valence electrons. The second-order valence-electron chi connectivity index (χ2n) is 4.54. The first-order valence-electron chi connectivity index (χ1n) is 5.86. The van der Waals surface area contributed by atoms with Crippen LogP contribution in [0.4, 0.5) is 0 Å². The molecule has 1 heterocycles. The highest BCUT2D eigenvalue weighted by molar-refractivity contribution is 8.13. The van der Waals surface area contributed by atoms with E-state index in [4.69, 9.17) is 22.3 Å². The summed E-state index contributed by atoms with van der Waals surface area (Å²) in [5, 5.41) is 0.103. The highest BCUT2D eigenvalue weighted by Crippen LogP contribution is 2.30. The van der Waals surface area contributed by atoms with Crippen molar-refractivity contribution < 1.29 is 13.2 Å². The zero-order valence-corrected chi connectivity index (χ0v) is 12.6. The number of likely N-dealkylation sites (tertiary alicyclic amines) is 1. The highest BCUT2D eigenvalue weighted by Gasteiger charge is 2.31. The molecule has 4 nitrogen and oxygen atoms in total. The summed E-state index contributed by atoms with van der Waals surface area (Å²) >= 11 is 5.99. The van der Waals surface area contributed by atoms with Gasteiger partial charge in [0.15, 0.2) is 0 Å². The predicted molar refractivity (Wildman–Crippen MR) is 74.2 cm³/mol. The van der Waals surface area contributed by atoms with Crippen LogP contribution in [0.5, 0.6) is 0 Å². The van der Waals surface area contributed by atoms with E-state index in [2.05, 4.69) is 0 Å². The van der Waals surface area contributed by atoms with Crippen molar-refractivity contribution in [2.75, 3.05) is 6.54 Å². The summed E-state index contributed by atoms with van der Waals surface area (Å²) in [7, 11) is 1.36. The van der Waals surface area contributed by atoms with Gasteiger partial charge in [-0.3, -0.25) is 4.79 Å². The number of hydrogen-bond donors (Lipinski definition) is 0. The van der Waals surface area contributed by atoms with Gasteiger partial charge in [0.1, 0.15) is 0 Å². The van der Waals surface area contributed by atoms with Crippen LogP contribution in [0, 0.1) is 0 Å². The molecule has 1 amide bonds. The van der Waals surface area contributed by atoms with Gasteiger partial charge in [-0.15, -0.1) is 0 Å². The minimum absolute atomic E-state index is 0.0343. The Morgan fingerprint density at radius 3 is 2.63 bits per heavy atom. The molecule has 1 aliphatic rings. The Morgan fingerprint density at radius 1 is 1.42 bits per heavy atom. The standard InChI is InChI=1S/C12H13Cl2NO3S/c1-8-4-3-7-15(8)12(16)11-9(13)5-2-6-10(11)19(14,17)18/h2,5-6,8H,3-4,7H2,1H3. The Hall–Kier alpha value is -0.780. The molecule has 19 heavy (non-hydrogen) atoms. The van der Waals surface area contributed by atoms with Gasteiger partial charge in [0.25, 0.3) is 15.0 Å². The van der Waals surface area contributed by atoms with Gasteiger partial charge in [0.05, 0.1) is 15.5 Å². The molecule has 1 aromatic rings. The number of amides is 1. The van der Waals surface area contributed by atoms with Gasteiger partial charge >= 0.3 is 0 Å². The quantitative estimate of drug-likeness (QED) is 0.787. The Labute approximate surface area is 121 Å². The summed E-state index contributed by atoms with van der Waals surface area (Å²) in [6, 6.07) is 4.32. The third-order valence-corrected chi connectivity index (χ3v) is 4.95. The zero-order valence-electron chi connectivity index (χ0n) is 10.3. The largest absolute Gasteiger partial charge is 0.336 e. The first-order chi connectivity index (χ1) is 8.82. The van der Waals surface area contributed by atoms with Crippen molar-refractivity contribution in [2.24, 2.45) is 0 Å². The summed E-state index contributed by atoms with van der Waals surface area (Å²) in [5.74, 6) is -0.380. The van der Waals surface area contributed by atoms with Gasteiger partial charge in [-0.1, -0.05) is 17.7 Å². The maximum atomic E-state index is 12.5. The minimum atomic E-state index is -4.01. The Bertz CT molecular complexity index is 615. The Morgan fingerprint density at radius 2 is 2.11 bits per heavy atom. The predicted octanol–water partition coefficient (Wildman–Crippen LogP) is 2.89. The smallest absolute Gasteiger partial charge is 0.262 e. The van der Waals surface area contributed by atoms with Crippen LogP contribution in [0.15, 0.2) is 23.1 Å². The van der Waals surface area contributed by atoms with E-state index < -0.39 is 9.05 Å². The molecular weight excluding hydrogens is 309 g/mol. The average molecular weight is 322 g/mol. The van der Waals surface area contributed by atoms with Crippen molar-refractivity contribution in [1.29, 1.82) is 0 Å². The van der Waals surface area contributed by atoms with Gasteiger partial charge in [0, 0.05) is 23.3 Å². The lowest BCUT2D eigenvalue weighted by Crippen LogP contribution is -2.34. The number of carbonyl (C=O) groups excluding carboxylic acids is 1. The van der Waals surface area contributed by atoms with Gasteiger partial charge in [-0.2, -0.15) is 0 Å². The highest BCUT2D eigenvalue weighted by atomic mass is 35.7. The van der Waals surface area contributed by atoms with Crippen molar-refractivity contribution in [2.45, 2.75) is 30.7 Å². The molecule has 1 atom stereocenters. The molecule has 0 bridgehead atoms. The second-order valence-corrected chi connectivity index (χ2v) is 7.48. The number of benzene rings is 1. The van der Waals surface area contributed by atoms with Crippen molar-refractivity contribution in [3.63, 3.8) is 0 Å². The van der Waals surface area contributed by atoms with Gasteiger partial charge in [0.2, 0.25) is 0 Å². The van der Waals surface area contributed by atoms with Crippen molar-refractivity contribution in [3.05, 3.63) is 28.8 Å². The first kappa shape index (κ1) is 14.6. The summed E-state index contributed by atoms with van der Waals surface area (Å²) in [6.45, 7) is 2.53. The lowest BCUT2D eigenvalue weighted by atomic mass is 10.2. The van der Waals surface area contributed by atoms with Crippen LogP contribution >= 0.6 is 22.3 Å². The molecule has 0 saturated carbocycles. The minimum Gasteiger partial charge on any atom is -0.336 e. The third kappa shape index (κ3) is 2.88. The Kier molecular flexibility index (Phi) is 4.08. The lowest BCUT2D eigenvalue weighted by Gasteiger charge is -2.22. The maximum absolute atomic E-state index is 12.5. The molecule has 0 radical (unpaired) electrons. The molecule has 7 heteroatoms. The van der Waals surface area contributed by atoms with Crippen LogP contribution in [0.25, 0.3) is 0 Å². The number of hydrogen-bond acceptors (Lipinski definition) is 3. The van der Waals surface area contributed by atoms with Gasteiger partial charge < -0.3 is 4.90 Å². The fourth-order valence-corrected chi connectivity index (χ4v) is 3.67. The van der Waals surface area contributed by atoms with E-state index in [1.54, 1.807) is 4.90 Å². The van der Waals surface area contributed by atoms with E-state index in [1.165, 1.54) is 18.2 Å². The Balaban J connectivity index is 2.53. The third-order valence-electron chi connectivity index (χ3n) is 3.27.